The zero-order chi connectivity index (χ0) is 47.1. The Morgan fingerprint density at radius 1 is 0.885 bits per heavy atom. The number of alkyl halides is 6. The highest BCUT2D eigenvalue weighted by molar-refractivity contribution is 7.80. The number of nitrogens with zero attached hydrogens (tertiary/aromatic N) is 6. The number of halogens is 6. The van der Waals surface area contributed by atoms with Crippen LogP contribution < -0.4 is 22.1 Å². The predicted octanol–water partition coefficient (Wildman–Crippen LogP) is 3.69. The Balaban J connectivity index is 0.000000743. The van der Waals surface area contributed by atoms with Crippen molar-refractivity contribution in [2.75, 3.05) is 33.4 Å². The fraction of sp³-hybridized carbons (Fsp3) is 0.457. The molecule has 61 heavy (non-hydrogen) atoms. The number of nitrogens with two attached hydrogens (primary N) is 2. The Morgan fingerprint density at radius 2 is 1.33 bits per heavy atom. The van der Waals surface area contributed by atoms with Gasteiger partial charge in [0.25, 0.3) is 5.91 Å². The fourth-order valence-electron chi connectivity index (χ4n) is 4.89. The van der Waals surface area contributed by atoms with E-state index in [2.05, 4.69) is 53.8 Å². The van der Waals surface area contributed by atoms with Gasteiger partial charge in [-0.3, -0.25) is 19.2 Å². The molecular weight excluding hydrogens is 851 g/mol. The minimum absolute atomic E-state index is 0.0304. The van der Waals surface area contributed by atoms with Crippen molar-refractivity contribution in [3.05, 3.63) is 93.1 Å². The van der Waals surface area contributed by atoms with E-state index in [-0.39, 0.29) is 42.6 Å². The molecule has 0 spiro atoms. The predicted molar refractivity (Wildman–Crippen MR) is 208 cm³/mol. The molecule has 26 heteroatoms. The first-order valence-corrected chi connectivity index (χ1v) is 18.1. The summed E-state index contributed by atoms with van der Waals surface area (Å²) in [5, 5.41) is 23.5. The minimum Gasteiger partial charge on any atom is -0.478 e. The van der Waals surface area contributed by atoms with Crippen LogP contribution in [0.5, 0.6) is 0 Å². The number of Topliss-reactive ketones (excluding diaryl/α,β-unsaturated/α-hetero) is 1. The van der Waals surface area contributed by atoms with Crippen LogP contribution in [-0.2, 0) is 35.2 Å². The maximum absolute atomic E-state index is 12.6. The lowest BCUT2D eigenvalue weighted by Gasteiger charge is -2.14. The van der Waals surface area contributed by atoms with Crippen molar-refractivity contribution in [2.45, 2.75) is 70.5 Å². The normalized spacial score (nSPS) is 18.3. The molecule has 0 radical (unpaired) electrons. The van der Waals surface area contributed by atoms with Crippen LogP contribution in [0.2, 0.25) is 0 Å². The molecule has 0 saturated carbocycles. The lowest BCUT2D eigenvalue weighted by molar-refractivity contribution is -0.134. The molecule has 0 aliphatic carbocycles. The molecule has 6 rings (SSSR count). The number of hydrogen-bond donors (Lipinski definition) is 6. The zero-order valence-corrected chi connectivity index (χ0v) is 34.4. The third kappa shape index (κ3) is 17.3. The first kappa shape index (κ1) is 55.0. The number of carbonyl (C=O) groups excluding carboxylic acids is 4. The van der Waals surface area contributed by atoms with E-state index in [1.54, 1.807) is 26.4 Å². The van der Waals surface area contributed by atoms with Crippen LogP contribution in [0.25, 0.3) is 10.4 Å². The molecule has 7 N–H and O–H groups in total. The number of carboxylic acid groups (broad SMARTS) is 1. The average Bonchev–Trinajstić information content (AvgIpc) is 4.08. The Bertz CT molecular complexity index is 1920. The summed E-state index contributed by atoms with van der Waals surface area (Å²) in [6.07, 6.45) is -4.58. The van der Waals surface area contributed by atoms with E-state index in [1.807, 2.05) is 19.1 Å². The van der Waals surface area contributed by atoms with E-state index < -0.39 is 71.1 Å². The molecule has 338 valence electrons. The summed E-state index contributed by atoms with van der Waals surface area (Å²) >= 11 is 3.79. The molecular formula is C35H46F6N10O9S. The third-order valence-corrected chi connectivity index (χ3v) is 7.46. The number of azide groups is 1. The van der Waals surface area contributed by atoms with Gasteiger partial charge in [-0.2, -0.15) is 39.0 Å². The fourth-order valence-corrected chi connectivity index (χ4v) is 4.89. The van der Waals surface area contributed by atoms with Crippen molar-refractivity contribution in [3.8, 4) is 0 Å². The van der Waals surface area contributed by atoms with Gasteiger partial charge in [-0.25, -0.2) is 9.48 Å². The highest BCUT2D eigenvalue weighted by Crippen LogP contribution is 2.44. The van der Waals surface area contributed by atoms with Crippen LogP contribution >= 0.6 is 12.6 Å². The van der Waals surface area contributed by atoms with Gasteiger partial charge in [0, 0.05) is 31.0 Å². The Labute approximate surface area is 350 Å². The Hall–Kier alpha value is -5.95. The molecule has 4 aliphatic heterocycles. The van der Waals surface area contributed by atoms with Gasteiger partial charge in [0.1, 0.15) is 37.5 Å². The topological polar surface area (TPSA) is 293 Å². The molecule has 3 amide bonds. The van der Waals surface area contributed by atoms with Gasteiger partial charge in [0.15, 0.2) is 11.5 Å². The Morgan fingerprint density at radius 3 is 1.66 bits per heavy atom. The summed E-state index contributed by atoms with van der Waals surface area (Å²) in [5.41, 5.74) is 15.0. The number of rotatable bonds is 8. The molecule has 4 unspecified atom stereocenters. The summed E-state index contributed by atoms with van der Waals surface area (Å²) < 4.78 is 90.8. The Kier molecular flexibility index (Phi) is 24.4. The summed E-state index contributed by atoms with van der Waals surface area (Å²) in [6, 6.07) is 3.67. The first-order chi connectivity index (χ1) is 28.6. The number of aromatic nitrogens is 3. The summed E-state index contributed by atoms with van der Waals surface area (Å²) in [7, 11) is 4.50. The van der Waals surface area contributed by atoms with Crippen molar-refractivity contribution < 1.29 is 69.3 Å². The second-order valence-corrected chi connectivity index (χ2v) is 12.0. The number of primary amides is 1. The van der Waals surface area contributed by atoms with Gasteiger partial charge in [-0.05, 0) is 37.4 Å². The highest BCUT2D eigenvalue weighted by Gasteiger charge is 2.52. The number of likely N-dealkylation sites (N-methyl/N-ethyl adjacent to an activating group) is 2. The van der Waals surface area contributed by atoms with Crippen LogP contribution in [0.1, 0.15) is 36.5 Å². The number of nitrogens with one attached hydrogen (secondary N) is 2. The van der Waals surface area contributed by atoms with Crippen molar-refractivity contribution in [3.63, 3.8) is 0 Å². The number of carbonyl (C=O) groups is 5. The SMILES string of the molecule is CCC(=O)C1=C(C(F)(F)F)C2C=CC1O2.CCS.CN.CNC(=O)CN=[N+]=[N-].CNC(=O)Cn1nnc(C(N)=O)c1C.O=C(O)C1=C(C(F)(F)F)C2C=CC1O2.c1ccoc1. The number of aliphatic carboxylic acids is 1. The number of ether oxygens (including phenoxy) is 2. The molecule has 0 saturated heterocycles. The van der Waals surface area contributed by atoms with E-state index >= 15 is 0 Å². The van der Waals surface area contributed by atoms with Gasteiger partial charge in [0.2, 0.25) is 11.8 Å². The van der Waals surface area contributed by atoms with E-state index in [9.17, 15) is 50.3 Å². The highest BCUT2D eigenvalue weighted by atomic mass is 32.1. The van der Waals surface area contributed by atoms with Crippen LogP contribution in [0.15, 0.2) is 80.8 Å². The number of fused-ring (bicyclic) bond motifs is 4. The lowest BCUT2D eigenvalue weighted by Crippen LogP contribution is -2.24. The number of amides is 3. The number of hydrogen-bond acceptors (Lipinski definition) is 13. The van der Waals surface area contributed by atoms with E-state index in [0.717, 1.165) is 5.75 Å². The van der Waals surface area contributed by atoms with Gasteiger partial charge in [0.05, 0.1) is 34.9 Å². The monoisotopic (exact) mass is 896 g/mol. The quantitative estimate of drug-likeness (QED) is 0.0553. The maximum atomic E-state index is 12.6. The smallest absolute Gasteiger partial charge is 0.416 e. The summed E-state index contributed by atoms with van der Waals surface area (Å²) in [5.74, 6) is -2.25. The number of carboxylic acids is 1. The van der Waals surface area contributed by atoms with Crippen molar-refractivity contribution >= 4 is 42.1 Å². The summed E-state index contributed by atoms with van der Waals surface area (Å²) in [6.45, 7) is 5.07. The van der Waals surface area contributed by atoms with Crippen LogP contribution in [0.3, 0.4) is 0 Å². The molecule has 4 aliphatic rings. The van der Waals surface area contributed by atoms with E-state index in [1.165, 1.54) is 50.1 Å². The molecule has 4 atom stereocenters. The molecule has 2 aromatic rings. The van der Waals surface area contributed by atoms with Gasteiger partial charge >= 0.3 is 18.3 Å². The number of ketones is 1. The molecule has 0 aromatic carbocycles. The number of furan rings is 1. The molecule has 2 aromatic heterocycles. The summed E-state index contributed by atoms with van der Waals surface area (Å²) in [4.78, 5) is 56.3. The van der Waals surface area contributed by atoms with Crippen molar-refractivity contribution in [2.24, 2.45) is 16.6 Å². The van der Waals surface area contributed by atoms with Crippen LogP contribution in [-0.4, -0.2) is 120 Å². The average molecular weight is 897 g/mol. The standard InChI is InChI=1S/C10H9F3O2.C8H5F3O3.C7H11N5O2.C4H4O.C3H6N4O.C2H6S.CH5N/c1-2-5(14)8-6-3-4-7(15-6)9(8)10(11,12)13;9-8(10,11)6-4-2-1-3(14-4)5(6)7(12)13;1-4-6(7(8)14)10-11-12(4)3-5(13)9-2;1-2-4-5-3-1;1-5-3(8)2-6-7-4;1-2-3;1-2/h3-4,6-7H,2H2,1H3;1-4H,(H,12,13);3H2,1-2H3,(H2,8,14)(H,9,13);1-4H;2H2,1H3,(H,5,8);3H,2H2,1H3;2H2,1H3. The van der Waals surface area contributed by atoms with E-state index in [4.69, 9.17) is 25.8 Å². The van der Waals surface area contributed by atoms with Crippen LogP contribution in [0.4, 0.5) is 26.3 Å². The molecule has 6 heterocycles. The molecule has 4 bridgehead atoms. The lowest BCUT2D eigenvalue weighted by atomic mass is 9.92. The van der Waals surface area contributed by atoms with Crippen LogP contribution in [0, 0.1) is 6.92 Å². The molecule has 19 nitrogen and oxygen atoms in total. The zero-order valence-electron chi connectivity index (χ0n) is 33.5. The second-order valence-electron chi connectivity index (χ2n) is 11.3. The van der Waals surface area contributed by atoms with Gasteiger partial charge in [-0.1, -0.05) is 48.5 Å². The largest absolute Gasteiger partial charge is 0.478 e. The van der Waals surface area contributed by atoms with Gasteiger partial charge < -0.3 is 41.1 Å². The molecule has 0 fully saturated rings. The van der Waals surface area contributed by atoms with Gasteiger partial charge in [-0.15, -0.1) is 5.10 Å². The first-order valence-electron chi connectivity index (χ1n) is 17.5. The number of thiol groups is 1. The van der Waals surface area contributed by atoms with Crippen molar-refractivity contribution in [1.29, 1.82) is 0 Å². The third-order valence-electron chi connectivity index (χ3n) is 7.46. The second kappa shape index (κ2) is 27.0. The van der Waals surface area contributed by atoms with E-state index in [0.29, 0.717) is 5.69 Å². The maximum Gasteiger partial charge on any atom is 0.416 e. The van der Waals surface area contributed by atoms with Crippen molar-refractivity contribution in [1.82, 2.24) is 25.6 Å². The minimum atomic E-state index is -4.64.